The van der Waals surface area contributed by atoms with Crippen LogP contribution in [0.1, 0.15) is 91.9 Å². The smallest absolute Gasteiger partial charge is 0.0849 e. The topological polar surface area (TPSA) is 80.9 Å². The third kappa shape index (κ3) is 5.24. The summed E-state index contributed by atoms with van der Waals surface area (Å²) in [6.07, 6.45) is 12.8. The van der Waals surface area contributed by atoms with E-state index in [-0.39, 0.29) is 23.5 Å². The average Bonchev–Trinajstić information content (AvgIpc) is 3.10. The first-order valence-corrected chi connectivity index (χ1v) is 12.7. The van der Waals surface area contributed by atoms with Crippen molar-refractivity contribution in [3.63, 3.8) is 0 Å². The van der Waals surface area contributed by atoms with Crippen LogP contribution >= 0.6 is 0 Å². The zero-order valence-corrected chi connectivity index (χ0v) is 20.7. The molecule has 0 aromatic carbocycles. The molecule has 3 aliphatic rings. The number of hydrogen-bond acceptors (Lipinski definition) is 4. The number of fused-ring (bicyclic) bond motifs is 1. The molecule has 6 atom stereocenters. The van der Waals surface area contributed by atoms with Crippen LogP contribution < -0.4 is 0 Å². The largest absolute Gasteiger partial charge is 0.396 e. The Morgan fingerprint density at radius 2 is 1.88 bits per heavy atom. The SMILES string of the molecule is C=C1CC[C@H](O)C/C1=C/C=C1CCC[C@@]2(C)C1CC[C@@H]2[C@@](C)(CO)CC[C@H](O)C(C)(C)O. The van der Waals surface area contributed by atoms with E-state index in [9.17, 15) is 20.4 Å². The maximum atomic E-state index is 10.5. The molecule has 1 unspecified atom stereocenters. The van der Waals surface area contributed by atoms with Crippen LogP contribution in [0.25, 0.3) is 0 Å². The number of aliphatic hydroxyl groups excluding tert-OH is 3. The highest BCUT2D eigenvalue weighted by molar-refractivity contribution is 5.36. The number of aliphatic hydroxyl groups is 4. The van der Waals surface area contributed by atoms with Gasteiger partial charge in [0, 0.05) is 6.61 Å². The van der Waals surface area contributed by atoms with Crippen molar-refractivity contribution in [2.75, 3.05) is 6.61 Å². The van der Waals surface area contributed by atoms with Gasteiger partial charge in [0.1, 0.15) is 0 Å². The van der Waals surface area contributed by atoms with Gasteiger partial charge in [-0.3, -0.25) is 0 Å². The zero-order chi connectivity index (χ0) is 23.7. The lowest BCUT2D eigenvalue weighted by atomic mass is 9.56. The van der Waals surface area contributed by atoms with Crippen molar-refractivity contribution in [1.29, 1.82) is 0 Å². The van der Waals surface area contributed by atoms with Gasteiger partial charge in [-0.05, 0) is 106 Å². The van der Waals surface area contributed by atoms with Gasteiger partial charge in [-0.2, -0.15) is 0 Å². The third-order valence-corrected chi connectivity index (χ3v) is 9.16. The fraction of sp³-hybridized carbons (Fsp3) is 0.786. The van der Waals surface area contributed by atoms with Crippen molar-refractivity contribution in [1.82, 2.24) is 0 Å². The van der Waals surface area contributed by atoms with E-state index < -0.39 is 11.7 Å². The highest BCUT2D eigenvalue weighted by Crippen LogP contribution is 2.62. The summed E-state index contributed by atoms with van der Waals surface area (Å²) in [6, 6.07) is 0. The summed E-state index contributed by atoms with van der Waals surface area (Å²) < 4.78 is 0. The molecular weight excluding hydrogens is 400 g/mol. The zero-order valence-electron chi connectivity index (χ0n) is 20.7. The van der Waals surface area contributed by atoms with Gasteiger partial charge in [0.2, 0.25) is 0 Å². The minimum atomic E-state index is -1.12. The molecule has 3 aliphatic carbocycles. The second kappa shape index (κ2) is 9.74. The molecule has 4 nitrogen and oxygen atoms in total. The van der Waals surface area contributed by atoms with Crippen LogP contribution in [0.5, 0.6) is 0 Å². The standard InChI is InChI=1S/C28H46O4/c1-19-8-11-22(30)17-21(19)10-9-20-7-6-15-28(5)23(20)12-13-24(28)27(4,18-29)16-14-25(31)26(2,3)32/h9-10,22-25,29-32H,1,6-8,11-18H2,2-5H3/b20-9?,21-10-/t22-,23?,24+,25-,27+,28-/m0/s1. The summed E-state index contributed by atoms with van der Waals surface area (Å²) >= 11 is 0. The molecule has 0 aromatic rings. The Morgan fingerprint density at radius 1 is 1.16 bits per heavy atom. The normalized spacial score (nSPS) is 36.9. The fourth-order valence-electron chi connectivity index (χ4n) is 6.96. The van der Waals surface area contributed by atoms with Gasteiger partial charge in [-0.1, -0.05) is 43.7 Å². The van der Waals surface area contributed by atoms with Crippen molar-refractivity contribution >= 4 is 0 Å². The molecule has 182 valence electrons. The quantitative estimate of drug-likeness (QED) is 0.440. The average molecular weight is 447 g/mol. The minimum Gasteiger partial charge on any atom is -0.396 e. The molecule has 0 spiro atoms. The predicted molar refractivity (Wildman–Crippen MR) is 130 cm³/mol. The molecule has 0 aromatic heterocycles. The Kier molecular flexibility index (Phi) is 7.81. The molecule has 4 N–H and O–H groups in total. The first kappa shape index (κ1) is 25.7. The summed E-state index contributed by atoms with van der Waals surface area (Å²) in [5.74, 6) is 0.909. The van der Waals surface area contributed by atoms with Crippen LogP contribution in [0.4, 0.5) is 0 Å². The molecule has 32 heavy (non-hydrogen) atoms. The number of allylic oxidation sites excluding steroid dienone is 4. The maximum absolute atomic E-state index is 10.5. The van der Waals surface area contributed by atoms with Gasteiger partial charge >= 0.3 is 0 Å². The first-order valence-electron chi connectivity index (χ1n) is 12.7. The summed E-state index contributed by atoms with van der Waals surface area (Å²) in [4.78, 5) is 0. The lowest BCUT2D eigenvalue weighted by Gasteiger charge is -2.49. The second-order valence-corrected chi connectivity index (χ2v) is 12.0. The minimum absolute atomic E-state index is 0.110. The van der Waals surface area contributed by atoms with Crippen LogP contribution in [-0.4, -0.2) is 44.8 Å². The van der Waals surface area contributed by atoms with Crippen molar-refractivity contribution in [3.8, 4) is 0 Å². The Bertz CT molecular complexity index is 745. The van der Waals surface area contributed by atoms with E-state index in [1.807, 2.05) is 0 Å². The summed E-state index contributed by atoms with van der Waals surface area (Å²) in [5.41, 5.74) is 2.62. The van der Waals surface area contributed by atoms with Gasteiger partial charge < -0.3 is 20.4 Å². The predicted octanol–water partition coefficient (Wildman–Crippen LogP) is 5.07. The molecule has 0 radical (unpaired) electrons. The highest BCUT2D eigenvalue weighted by atomic mass is 16.3. The first-order chi connectivity index (χ1) is 14.9. The van der Waals surface area contributed by atoms with Crippen molar-refractivity contribution in [2.24, 2.45) is 22.7 Å². The molecule has 0 heterocycles. The van der Waals surface area contributed by atoms with Gasteiger partial charge in [0.25, 0.3) is 0 Å². The van der Waals surface area contributed by atoms with Gasteiger partial charge in [0.05, 0.1) is 17.8 Å². The second-order valence-electron chi connectivity index (χ2n) is 12.0. The van der Waals surface area contributed by atoms with E-state index in [1.165, 1.54) is 17.6 Å². The molecule has 3 fully saturated rings. The van der Waals surface area contributed by atoms with Crippen molar-refractivity contribution in [3.05, 3.63) is 35.5 Å². The lowest BCUT2D eigenvalue weighted by molar-refractivity contribution is -0.0689. The van der Waals surface area contributed by atoms with E-state index in [0.29, 0.717) is 31.1 Å². The Morgan fingerprint density at radius 3 is 2.53 bits per heavy atom. The van der Waals surface area contributed by atoms with Crippen molar-refractivity contribution in [2.45, 2.75) is 110 Å². The molecule has 3 saturated carbocycles. The molecule has 0 aliphatic heterocycles. The molecule has 0 saturated heterocycles. The Labute approximate surface area is 195 Å². The van der Waals surface area contributed by atoms with Crippen LogP contribution in [-0.2, 0) is 0 Å². The summed E-state index contributed by atoms with van der Waals surface area (Å²) in [5, 5.41) is 41.1. The molecule has 0 bridgehead atoms. The van der Waals surface area contributed by atoms with Crippen molar-refractivity contribution < 1.29 is 20.4 Å². The Hall–Kier alpha value is -0.940. The molecule has 0 amide bonds. The number of rotatable bonds is 7. The van der Waals surface area contributed by atoms with Crippen LogP contribution in [0.3, 0.4) is 0 Å². The van der Waals surface area contributed by atoms with Gasteiger partial charge in [-0.15, -0.1) is 0 Å². The van der Waals surface area contributed by atoms with E-state index in [4.69, 9.17) is 0 Å². The van der Waals surface area contributed by atoms with Crippen LogP contribution in [0.15, 0.2) is 35.5 Å². The summed E-state index contributed by atoms with van der Waals surface area (Å²) in [7, 11) is 0. The Balaban J connectivity index is 1.79. The van der Waals surface area contributed by atoms with E-state index >= 15 is 0 Å². The maximum Gasteiger partial charge on any atom is 0.0849 e. The molecule has 4 heteroatoms. The van der Waals surface area contributed by atoms with E-state index in [1.54, 1.807) is 13.8 Å². The van der Waals surface area contributed by atoms with E-state index in [0.717, 1.165) is 44.1 Å². The monoisotopic (exact) mass is 446 g/mol. The lowest BCUT2D eigenvalue weighted by Crippen LogP contribution is -2.44. The number of hydrogen-bond donors (Lipinski definition) is 4. The molecular formula is C28H46O4. The molecule has 3 rings (SSSR count). The van der Waals surface area contributed by atoms with Crippen LogP contribution in [0.2, 0.25) is 0 Å². The van der Waals surface area contributed by atoms with Gasteiger partial charge in [-0.25, -0.2) is 0 Å². The highest BCUT2D eigenvalue weighted by Gasteiger charge is 2.55. The van der Waals surface area contributed by atoms with E-state index in [2.05, 4.69) is 32.6 Å². The van der Waals surface area contributed by atoms with Gasteiger partial charge in [0.15, 0.2) is 0 Å². The fourth-order valence-corrected chi connectivity index (χ4v) is 6.96. The third-order valence-electron chi connectivity index (χ3n) is 9.16. The van der Waals surface area contributed by atoms with Crippen LogP contribution in [0, 0.1) is 22.7 Å². The summed E-state index contributed by atoms with van der Waals surface area (Å²) in [6.45, 7) is 12.2.